The minimum atomic E-state index is -0.251. The number of hydrogen-bond acceptors (Lipinski definition) is 3. The van der Waals surface area contributed by atoms with Gasteiger partial charge in [-0.1, -0.05) is 23.7 Å². The SMILES string of the molecule is CNC(=O)c1ccc(NC(=O)c2cc(C)nc3c(Cl)cccc23)c(C)c1. The van der Waals surface area contributed by atoms with Crippen LogP contribution in [0.5, 0.6) is 0 Å². The first-order chi connectivity index (χ1) is 12.4. The number of fused-ring (bicyclic) bond motifs is 1. The number of aryl methyl sites for hydroxylation is 2. The highest BCUT2D eigenvalue weighted by molar-refractivity contribution is 6.35. The van der Waals surface area contributed by atoms with Gasteiger partial charge in [-0.3, -0.25) is 14.6 Å². The van der Waals surface area contributed by atoms with E-state index in [1.807, 2.05) is 19.9 Å². The molecule has 0 fully saturated rings. The van der Waals surface area contributed by atoms with Gasteiger partial charge in [-0.05, 0) is 49.7 Å². The number of amides is 2. The number of halogens is 1. The van der Waals surface area contributed by atoms with Gasteiger partial charge in [0.25, 0.3) is 11.8 Å². The van der Waals surface area contributed by atoms with Gasteiger partial charge in [0.15, 0.2) is 0 Å². The molecule has 0 radical (unpaired) electrons. The van der Waals surface area contributed by atoms with Crippen molar-refractivity contribution in [2.24, 2.45) is 0 Å². The molecule has 0 aliphatic carbocycles. The summed E-state index contributed by atoms with van der Waals surface area (Å²) in [5.74, 6) is -0.421. The third kappa shape index (κ3) is 3.39. The monoisotopic (exact) mass is 367 g/mol. The maximum atomic E-state index is 12.9. The normalized spacial score (nSPS) is 10.6. The number of anilines is 1. The lowest BCUT2D eigenvalue weighted by Gasteiger charge is -2.12. The Labute approximate surface area is 156 Å². The third-order valence-corrected chi connectivity index (χ3v) is 4.43. The first-order valence-electron chi connectivity index (χ1n) is 8.10. The summed E-state index contributed by atoms with van der Waals surface area (Å²) in [4.78, 5) is 29.0. The third-order valence-electron chi connectivity index (χ3n) is 4.13. The topological polar surface area (TPSA) is 71.1 Å². The van der Waals surface area contributed by atoms with Crippen LogP contribution in [0.15, 0.2) is 42.5 Å². The van der Waals surface area contributed by atoms with Crippen LogP contribution in [0.2, 0.25) is 5.02 Å². The molecule has 26 heavy (non-hydrogen) atoms. The summed E-state index contributed by atoms with van der Waals surface area (Å²) in [6, 6.07) is 12.2. The summed E-state index contributed by atoms with van der Waals surface area (Å²) in [5.41, 5.74) is 3.80. The number of carbonyl (C=O) groups is 2. The van der Waals surface area contributed by atoms with Crippen molar-refractivity contribution in [3.05, 3.63) is 69.9 Å². The maximum Gasteiger partial charge on any atom is 0.256 e. The zero-order chi connectivity index (χ0) is 18.8. The van der Waals surface area contributed by atoms with E-state index in [1.165, 1.54) is 0 Å². The van der Waals surface area contributed by atoms with Gasteiger partial charge in [0.2, 0.25) is 0 Å². The molecular weight excluding hydrogens is 350 g/mol. The van der Waals surface area contributed by atoms with E-state index in [9.17, 15) is 9.59 Å². The van der Waals surface area contributed by atoms with Crippen LogP contribution in [0, 0.1) is 13.8 Å². The average molecular weight is 368 g/mol. The average Bonchev–Trinajstić information content (AvgIpc) is 2.62. The molecule has 0 aliphatic heterocycles. The van der Waals surface area contributed by atoms with E-state index in [0.29, 0.717) is 38.4 Å². The van der Waals surface area contributed by atoms with Gasteiger partial charge in [-0.25, -0.2) is 0 Å². The molecule has 1 aromatic heterocycles. The molecule has 0 bridgehead atoms. The zero-order valence-electron chi connectivity index (χ0n) is 14.7. The first kappa shape index (κ1) is 17.9. The second-order valence-corrected chi connectivity index (χ2v) is 6.42. The smallest absolute Gasteiger partial charge is 0.256 e. The van der Waals surface area contributed by atoms with Crippen LogP contribution in [0.3, 0.4) is 0 Å². The summed E-state index contributed by atoms with van der Waals surface area (Å²) in [5, 5.41) is 6.69. The van der Waals surface area contributed by atoms with Crippen LogP contribution >= 0.6 is 11.6 Å². The lowest BCUT2D eigenvalue weighted by Crippen LogP contribution is -2.18. The lowest BCUT2D eigenvalue weighted by molar-refractivity contribution is 0.0962. The summed E-state index contributed by atoms with van der Waals surface area (Å²) in [7, 11) is 1.58. The molecule has 3 rings (SSSR count). The Morgan fingerprint density at radius 3 is 2.50 bits per heavy atom. The Kier molecular flexibility index (Phi) is 4.91. The molecule has 2 amide bonds. The number of nitrogens with zero attached hydrogens (tertiary/aromatic N) is 1. The Morgan fingerprint density at radius 2 is 1.81 bits per heavy atom. The van der Waals surface area contributed by atoms with E-state index < -0.39 is 0 Å². The molecule has 6 heteroatoms. The summed E-state index contributed by atoms with van der Waals surface area (Å²) in [6.07, 6.45) is 0. The van der Waals surface area contributed by atoms with Crippen LogP contribution in [0.25, 0.3) is 10.9 Å². The first-order valence-corrected chi connectivity index (χ1v) is 8.48. The second kappa shape index (κ2) is 7.14. The summed E-state index contributed by atoms with van der Waals surface area (Å²) < 4.78 is 0. The number of carbonyl (C=O) groups excluding carboxylic acids is 2. The Balaban J connectivity index is 1.98. The number of pyridine rings is 1. The second-order valence-electron chi connectivity index (χ2n) is 6.01. The van der Waals surface area contributed by atoms with Gasteiger partial charge < -0.3 is 10.6 Å². The molecule has 0 aliphatic rings. The van der Waals surface area contributed by atoms with Crippen molar-refractivity contribution >= 4 is 40.0 Å². The summed E-state index contributed by atoms with van der Waals surface area (Å²) >= 11 is 6.22. The van der Waals surface area contributed by atoms with Gasteiger partial charge in [0.1, 0.15) is 0 Å². The highest BCUT2D eigenvalue weighted by atomic mass is 35.5. The van der Waals surface area contributed by atoms with Crippen molar-refractivity contribution in [3.63, 3.8) is 0 Å². The molecular formula is C20H18ClN3O2. The van der Waals surface area contributed by atoms with E-state index in [1.54, 1.807) is 43.4 Å². The van der Waals surface area contributed by atoms with Gasteiger partial charge in [-0.15, -0.1) is 0 Å². The van der Waals surface area contributed by atoms with Crippen LogP contribution in [0.1, 0.15) is 32.0 Å². The molecule has 1 heterocycles. The fraction of sp³-hybridized carbons (Fsp3) is 0.150. The number of nitrogens with one attached hydrogen (secondary N) is 2. The van der Waals surface area contributed by atoms with E-state index in [-0.39, 0.29) is 11.8 Å². The quantitative estimate of drug-likeness (QED) is 0.731. The van der Waals surface area contributed by atoms with E-state index in [0.717, 1.165) is 5.56 Å². The molecule has 0 spiro atoms. The van der Waals surface area contributed by atoms with Gasteiger partial charge >= 0.3 is 0 Å². The minimum absolute atomic E-state index is 0.170. The zero-order valence-corrected chi connectivity index (χ0v) is 15.4. The number of para-hydroxylation sites is 1. The van der Waals surface area contributed by atoms with Gasteiger partial charge in [0, 0.05) is 29.4 Å². The number of hydrogen-bond donors (Lipinski definition) is 2. The van der Waals surface area contributed by atoms with E-state index in [2.05, 4.69) is 15.6 Å². The van der Waals surface area contributed by atoms with Crippen molar-refractivity contribution in [1.82, 2.24) is 10.3 Å². The lowest BCUT2D eigenvalue weighted by atomic mass is 10.1. The minimum Gasteiger partial charge on any atom is -0.355 e. The van der Waals surface area contributed by atoms with E-state index >= 15 is 0 Å². The van der Waals surface area contributed by atoms with E-state index in [4.69, 9.17) is 11.6 Å². The van der Waals surface area contributed by atoms with Gasteiger partial charge in [0.05, 0.1) is 16.1 Å². The van der Waals surface area contributed by atoms with Crippen molar-refractivity contribution in [2.75, 3.05) is 12.4 Å². The fourth-order valence-corrected chi connectivity index (χ4v) is 3.03. The molecule has 0 saturated carbocycles. The Hall–Kier alpha value is -2.92. The summed E-state index contributed by atoms with van der Waals surface area (Å²) in [6.45, 7) is 3.66. The van der Waals surface area contributed by atoms with Crippen LogP contribution in [-0.4, -0.2) is 23.8 Å². The molecule has 2 aromatic carbocycles. The number of aromatic nitrogens is 1. The largest absolute Gasteiger partial charge is 0.355 e. The Morgan fingerprint density at radius 1 is 1.04 bits per heavy atom. The molecule has 2 N–H and O–H groups in total. The number of benzene rings is 2. The van der Waals surface area contributed by atoms with Crippen LogP contribution in [-0.2, 0) is 0 Å². The standard InChI is InChI=1S/C20H18ClN3O2/c1-11-9-13(19(25)22-3)7-8-17(11)24-20(26)15-10-12(2)23-18-14(15)5-4-6-16(18)21/h4-10H,1-3H3,(H,22,25)(H,24,26). The number of rotatable bonds is 3. The predicted octanol–water partition coefficient (Wildman–Crippen LogP) is 4.12. The molecule has 0 atom stereocenters. The maximum absolute atomic E-state index is 12.9. The van der Waals surface area contributed by atoms with Crippen LogP contribution < -0.4 is 10.6 Å². The van der Waals surface area contributed by atoms with Gasteiger partial charge in [-0.2, -0.15) is 0 Å². The van der Waals surface area contributed by atoms with Crippen molar-refractivity contribution in [2.45, 2.75) is 13.8 Å². The van der Waals surface area contributed by atoms with Crippen LogP contribution in [0.4, 0.5) is 5.69 Å². The predicted molar refractivity (Wildman–Crippen MR) is 104 cm³/mol. The molecule has 132 valence electrons. The van der Waals surface area contributed by atoms with Crippen molar-refractivity contribution < 1.29 is 9.59 Å². The molecule has 0 saturated heterocycles. The fourth-order valence-electron chi connectivity index (χ4n) is 2.81. The highest BCUT2D eigenvalue weighted by Crippen LogP contribution is 2.26. The molecule has 5 nitrogen and oxygen atoms in total. The molecule has 3 aromatic rings. The van der Waals surface area contributed by atoms with Crippen molar-refractivity contribution in [3.8, 4) is 0 Å². The van der Waals surface area contributed by atoms with Crippen molar-refractivity contribution in [1.29, 1.82) is 0 Å². The Bertz CT molecular complexity index is 1030. The molecule has 0 unspecified atom stereocenters. The highest BCUT2D eigenvalue weighted by Gasteiger charge is 2.15.